The lowest BCUT2D eigenvalue weighted by molar-refractivity contribution is -0.136. The van der Waals surface area contributed by atoms with E-state index in [1.54, 1.807) is 18.2 Å². The predicted molar refractivity (Wildman–Crippen MR) is 73.2 cm³/mol. The van der Waals surface area contributed by atoms with E-state index in [1.807, 2.05) is 0 Å². The van der Waals surface area contributed by atoms with Crippen LogP contribution in [0.15, 0.2) is 42.7 Å². The summed E-state index contributed by atoms with van der Waals surface area (Å²) in [5.74, 6) is -1.85. The monoisotopic (exact) mass is 282 g/mol. The van der Waals surface area contributed by atoms with Crippen LogP contribution in [0.3, 0.4) is 0 Å². The number of rotatable bonds is 3. The standard InChI is InChI=1S/C15H10N2O4/c18-13(19)7-9-2-1-3-10(6-9)17-14(20)11-4-5-16-8-12(11)15(17)21/h1-6,8H,7H2,(H,18,19). The van der Waals surface area contributed by atoms with Crippen LogP contribution in [0.5, 0.6) is 0 Å². The number of benzene rings is 1. The molecule has 2 heterocycles. The van der Waals surface area contributed by atoms with Gasteiger partial charge in [-0.15, -0.1) is 0 Å². The molecule has 1 aliphatic rings. The Morgan fingerprint density at radius 3 is 2.62 bits per heavy atom. The molecule has 2 amide bonds. The molecule has 0 fully saturated rings. The van der Waals surface area contributed by atoms with Crippen molar-refractivity contribution in [1.29, 1.82) is 0 Å². The molecule has 0 saturated carbocycles. The zero-order valence-corrected chi connectivity index (χ0v) is 10.8. The third-order valence-electron chi connectivity index (χ3n) is 3.21. The number of aromatic nitrogens is 1. The Kier molecular flexibility index (Phi) is 2.98. The zero-order valence-electron chi connectivity index (χ0n) is 10.8. The van der Waals surface area contributed by atoms with Crippen LogP contribution in [0, 0.1) is 0 Å². The van der Waals surface area contributed by atoms with Gasteiger partial charge in [-0.3, -0.25) is 19.4 Å². The van der Waals surface area contributed by atoms with Crippen LogP contribution in [-0.4, -0.2) is 27.9 Å². The Morgan fingerprint density at radius 2 is 1.90 bits per heavy atom. The molecule has 0 aliphatic carbocycles. The topological polar surface area (TPSA) is 87.6 Å². The first-order chi connectivity index (χ1) is 10.1. The predicted octanol–water partition coefficient (Wildman–Crippen LogP) is 1.51. The van der Waals surface area contributed by atoms with Crippen molar-refractivity contribution in [2.24, 2.45) is 0 Å². The minimum Gasteiger partial charge on any atom is -0.481 e. The fraction of sp³-hybridized carbons (Fsp3) is 0.0667. The van der Waals surface area contributed by atoms with Crippen LogP contribution in [0.4, 0.5) is 5.69 Å². The highest BCUT2D eigenvalue weighted by molar-refractivity contribution is 6.34. The lowest BCUT2D eigenvalue weighted by Gasteiger charge is -2.14. The fourth-order valence-electron chi connectivity index (χ4n) is 2.30. The number of carboxylic acids is 1. The zero-order chi connectivity index (χ0) is 15.0. The van der Waals surface area contributed by atoms with Crippen LogP contribution < -0.4 is 4.90 Å². The molecule has 1 N–H and O–H groups in total. The number of aliphatic carboxylic acids is 1. The number of hydrogen-bond acceptors (Lipinski definition) is 4. The number of imide groups is 1. The Hall–Kier alpha value is -3.02. The number of anilines is 1. The third-order valence-corrected chi connectivity index (χ3v) is 3.21. The number of amides is 2. The van der Waals surface area contributed by atoms with Gasteiger partial charge < -0.3 is 5.11 Å². The first-order valence-corrected chi connectivity index (χ1v) is 6.21. The quantitative estimate of drug-likeness (QED) is 0.862. The van der Waals surface area contributed by atoms with Gasteiger partial charge in [-0.25, -0.2) is 4.90 Å². The molecule has 0 unspecified atom stereocenters. The normalized spacial score (nSPS) is 13.4. The molecule has 21 heavy (non-hydrogen) atoms. The largest absolute Gasteiger partial charge is 0.481 e. The van der Waals surface area contributed by atoms with Crippen LogP contribution in [0.1, 0.15) is 26.3 Å². The van der Waals surface area contributed by atoms with Crippen LogP contribution in [-0.2, 0) is 11.2 Å². The molecule has 1 aliphatic heterocycles. The smallest absolute Gasteiger partial charge is 0.307 e. The molecule has 104 valence electrons. The van der Waals surface area contributed by atoms with Crippen molar-refractivity contribution in [3.05, 3.63) is 59.4 Å². The SMILES string of the molecule is O=C(O)Cc1cccc(N2C(=O)c3ccncc3C2=O)c1. The number of fused-ring (bicyclic) bond motifs is 1. The summed E-state index contributed by atoms with van der Waals surface area (Å²) in [5.41, 5.74) is 1.44. The van der Waals surface area contributed by atoms with E-state index in [1.165, 1.54) is 24.5 Å². The minimum atomic E-state index is -0.973. The van der Waals surface area contributed by atoms with Crippen molar-refractivity contribution in [3.63, 3.8) is 0 Å². The highest BCUT2D eigenvalue weighted by atomic mass is 16.4. The molecular formula is C15H10N2O4. The average molecular weight is 282 g/mol. The molecule has 6 nitrogen and oxygen atoms in total. The number of carboxylic acid groups (broad SMARTS) is 1. The maximum absolute atomic E-state index is 12.3. The van der Waals surface area contributed by atoms with E-state index in [0.29, 0.717) is 16.8 Å². The number of carbonyl (C=O) groups is 3. The summed E-state index contributed by atoms with van der Waals surface area (Å²) >= 11 is 0. The van der Waals surface area contributed by atoms with E-state index in [0.717, 1.165) is 4.90 Å². The van der Waals surface area contributed by atoms with Crippen molar-refractivity contribution >= 4 is 23.5 Å². The maximum atomic E-state index is 12.3. The Morgan fingerprint density at radius 1 is 1.14 bits per heavy atom. The first-order valence-electron chi connectivity index (χ1n) is 6.21. The van der Waals surface area contributed by atoms with Gasteiger partial charge in [0, 0.05) is 12.4 Å². The summed E-state index contributed by atoms with van der Waals surface area (Å²) in [6.45, 7) is 0. The number of nitrogens with zero attached hydrogens (tertiary/aromatic N) is 2. The molecule has 0 spiro atoms. The fourth-order valence-corrected chi connectivity index (χ4v) is 2.30. The summed E-state index contributed by atoms with van der Waals surface area (Å²) in [6.07, 6.45) is 2.64. The van der Waals surface area contributed by atoms with Crippen molar-refractivity contribution in [3.8, 4) is 0 Å². The summed E-state index contributed by atoms with van der Waals surface area (Å²) in [5, 5.41) is 8.81. The van der Waals surface area contributed by atoms with E-state index >= 15 is 0 Å². The van der Waals surface area contributed by atoms with Gasteiger partial charge in [-0.1, -0.05) is 12.1 Å². The first kappa shape index (κ1) is 13.0. The van der Waals surface area contributed by atoms with Gasteiger partial charge in [-0.2, -0.15) is 0 Å². The number of carbonyl (C=O) groups excluding carboxylic acids is 2. The second-order valence-corrected chi connectivity index (χ2v) is 4.61. The highest BCUT2D eigenvalue weighted by Crippen LogP contribution is 2.28. The van der Waals surface area contributed by atoms with Crippen LogP contribution in [0.25, 0.3) is 0 Å². The average Bonchev–Trinajstić information content (AvgIpc) is 2.71. The van der Waals surface area contributed by atoms with Gasteiger partial charge in [0.25, 0.3) is 11.8 Å². The van der Waals surface area contributed by atoms with Crippen molar-refractivity contribution in [2.75, 3.05) is 4.90 Å². The van der Waals surface area contributed by atoms with Gasteiger partial charge >= 0.3 is 5.97 Å². The second-order valence-electron chi connectivity index (χ2n) is 4.61. The van der Waals surface area contributed by atoms with E-state index in [4.69, 9.17) is 5.11 Å². The van der Waals surface area contributed by atoms with Gasteiger partial charge in [0.15, 0.2) is 0 Å². The van der Waals surface area contributed by atoms with E-state index in [9.17, 15) is 14.4 Å². The van der Waals surface area contributed by atoms with E-state index < -0.39 is 17.8 Å². The summed E-state index contributed by atoms with van der Waals surface area (Å²) < 4.78 is 0. The number of hydrogen-bond donors (Lipinski definition) is 1. The Balaban J connectivity index is 2.01. The molecule has 0 radical (unpaired) electrons. The van der Waals surface area contributed by atoms with Crippen LogP contribution in [0.2, 0.25) is 0 Å². The molecule has 1 aromatic carbocycles. The van der Waals surface area contributed by atoms with Crippen molar-refractivity contribution in [1.82, 2.24) is 4.98 Å². The van der Waals surface area contributed by atoms with Crippen molar-refractivity contribution < 1.29 is 19.5 Å². The van der Waals surface area contributed by atoms with Crippen molar-refractivity contribution in [2.45, 2.75) is 6.42 Å². The second kappa shape index (κ2) is 4.82. The van der Waals surface area contributed by atoms with Crippen LogP contribution >= 0.6 is 0 Å². The molecule has 0 bridgehead atoms. The van der Waals surface area contributed by atoms with Gasteiger partial charge in [0.05, 0.1) is 23.2 Å². The van der Waals surface area contributed by atoms with E-state index in [-0.39, 0.29) is 12.0 Å². The number of pyridine rings is 1. The summed E-state index contributed by atoms with van der Waals surface area (Å²) in [6, 6.07) is 7.88. The Bertz CT molecular complexity index is 735. The lowest BCUT2D eigenvalue weighted by Crippen LogP contribution is -2.29. The van der Waals surface area contributed by atoms with Gasteiger partial charge in [0.2, 0.25) is 0 Å². The third kappa shape index (κ3) is 2.16. The Labute approximate surface area is 119 Å². The van der Waals surface area contributed by atoms with Gasteiger partial charge in [0.1, 0.15) is 0 Å². The molecule has 0 saturated heterocycles. The lowest BCUT2D eigenvalue weighted by atomic mass is 10.1. The molecule has 3 rings (SSSR count). The molecule has 0 atom stereocenters. The summed E-state index contributed by atoms with van der Waals surface area (Å²) in [7, 11) is 0. The molecule has 1 aromatic heterocycles. The highest BCUT2D eigenvalue weighted by Gasteiger charge is 2.36. The molecular weight excluding hydrogens is 272 g/mol. The minimum absolute atomic E-state index is 0.168. The van der Waals surface area contributed by atoms with E-state index in [2.05, 4.69) is 4.98 Å². The maximum Gasteiger partial charge on any atom is 0.307 e. The molecule has 6 heteroatoms. The molecule has 2 aromatic rings. The summed E-state index contributed by atoms with van der Waals surface area (Å²) in [4.78, 5) is 40.2. The van der Waals surface area contributed by atoms with Gasteiger partial charge in [-0.05, 0) is 23.8 Å².